The van der Waals surface area contributed by atoms with Crippen LogP contribution in [-0.4, -0.2) is 28.2 Å². The molecule has 1 aliphatic heterocycles. The van der Waals surface area contributed by atoms with Gasteiger partial charge in [-0.05, 0) is 23.8 Å². The molecule has 1 aromatic carbocycles. The highest BCUT2D eigenvalue weighted by Gasteiger charge is 2.26. The maximum atomic E-state index is 14.4. The molecule has 1 atom stereocenters. The number of nitrogens with zero attached hydrogens (tertiary/aromatic N) is 3. The normalized spacial score (nSPS) is 16.5. The molecule has 0 bridgehead atoms. The Labute approximate surface area is 178 Å². The highest BCUT2D eigenvalue weighted by atomic mass is 19.1. The number of hydrogen-bond donors (Lipinski definition) is 3. The summed E-state index contributed by atoms with van der Waals surface area (Å²) in [6.07, 6.45) is 5.13. The van der Waals surface area contributed by atoms with Crippen molar-refractivity contribution < 1.29 is 13.5 Å². The monoisotopic (exact) mass is 424 g/mol. The van der Waals surface area contributed by atoms with Crippen LogP contribution >= 0.6 is 0 Å². The SMILES string of the molecule is COC(=NC(=N)c1cnc2ccc(C3=CNNC3c3ccc(F)cc3F)cn12)C(C)C. The van der Waals surface area contributed by atoms with Crippen LogP contribution in [0.4, 0.5) is 8.78 Å². The summed E-state index contributed by atoms with van der Waals surface area (Å²) in [6, 6.07) is 6.69. The Balaban J connectivity index is 1.72. The second kappa shape index (κ2) is 8.27. The molecule has 3 N–H and O–H groups in total. The Morgan fingerprint density at radius 3 is 2.77 bits per heavy atom. The number of aliphatic imine (C=N–C) groups is 1. The van der Waals surface area contributed by atoms with Crippen molar-refractivity contribution >= 4 is 23.0 Å². The fourth-order valence-electron chi connectivity index (χ4n) is 3.50. The van der Waals surface area contributed by atoms with E-state index in [0.29, 0.717) is 22.8 Å². The number of fused-ring (bicyclic) bond motifs is 1. The summed E-state index contributed by atoms with van der Waals surface area (Å²) in [4.78, 5) is 8.64. The van der Waals surface area contributed by atoms with Gasteiger partial charge in [-0.3, -0.25) is 9.81 Å². The lowest BCUT2D eigenvalue weighted by Crippen LogP contribution is -2.25. The van der Waals surface area contributed by atoms with Crippen molar-refractivity contribution in [3.8, 4) is 0 Å². The minimum Gasteiger partial charge on any atom is -0.484 e. The van der Waals surface area contributed by atoms with Gasteiger partial charge in [0.1, 0.15) is 23.0 Å². The number of imidazole rings is 1. The Hall–Kier alpha value is -3.59. The molecular weight excluding hydrogens is 402 g/mol. The van der Waals surface area contributed by atoms with E-state index in [1.807, 2.05) is 32.2 Å². The van der Waals surface area contributed by atoms with Gasteiger partial charge in [0.25, 0.3) is 0 Å². The number of aromatic nitrogens is 2. The van der Waals surface area contributed by atoms with Gasteiger partial charge in [0.2, 0.25) is 0 Å². The third-order valence-corrected chi connectivity index (χ3v) is 5.05. The van der Waals surface area contributed by atoms with Crippen molar-refractivity contribution in [3.05, 3.63) is 77.4 Å². The maximum absolute atomic E-state index is 14.4. The molecule has 0 amide bonds. The Morgan fingerprint density at radius 2 is 2.06 bits per heavy atom. The van der Waals surface area contributed by atoms with Crippen LogP contribution in [0.25, 0.3) is 11.2 Å². The summed E-state index contributed by atoms with van der Waals surface area (Å²) in [6.45, 7) is 3.87. The summed E-state index contributed by atoms with van der Waals surface area (Å²) in [5.74, 6) is -0.749. The van der Waals surface area contributed by atoms with Crippen LogP contribution in [0.5, 0.6) is 0 Å². The predicted octanol–water partition coefficient (Wildman–Crippen LogP) is 3.83. The van der Waals surface area contributed by atoms with Crippen LogP contribution in [0.1, 0.15) is 36.7 Å². The zero-order valence-electron chi connectivity index (χ0n) is 17.3. The minimum atomic E-state index is -0.631. The molecule has 4 rings (SSSR count). The van der Waals surface area contributed by atoms with Gasteiger partial charge in [-0.15, -0.1) is 0 Å². The van der Waals surface area contributed by atoms with E-state index in [9.17, 15) is 8.78 Å². The van der Waals surface area contributed by atoms with E-state index in [-0.39, 0.29) is 11.8 Å². The van der Waals surface area contributed by atoms with Crippen LogP contribution in [0.15, 0.2) is 53.9 Å². The third kappa shape index (κ3) is 3.91. The van der Waals surface area contributed by atoms with Gasteiger partial charge >= 0.3 is 0 Å². The summed E-state index contributed by atoms with van der Waals surface area (Å²) in [5, 5.41) is 8.41. The van der Waals surface area contributed by atoms with E-state index in [1.54, 1.807) is 16.8 Å². The standard InChI is InChI=1S/C22H22F2N6O/c1-12(2)22(31-3)28-21(25)18-10-26-19-7-4-13(11-30(18)19)16-9-27-29-20(16)15-6-5-14(23)8-17(15)24/h4-12,20,25,27,29H,1-3H3. The smallest absolute Gasteiger partial charge is 0.192 e. The van der Waals surface area contributed by atoms with Crippen molar-refractivity contribution in [1.82, 2.24) is 20.2 Å². The van der Waals surface area contributed by atoms with E-state index in [2.05, 4.69) is 20.8 Å². The van der Waals surface area contributed by atoms with Gasteiger partial charge in [-0.25, -0.2) is 19.2 Å². The first kappa shape index (κ1) is 20.7. The van der Waals surface area contributed by atoms with E-state index < -0.39 is 17.7 Å². The molecule has 31 heavy (non-hydrogen) atoms. The Kier molecular flexibility index (Phi) is 5.51. The molecule has 3 heterocycles. The zero-order valence-corrected chi connectivity index (χ0v) is 17.3. The molecule has 0 saturated carbocycles. The minimum absolute atomic E-state index is 0.0213. The average Bonchev–Trinajstić information content (AvgIpc) is 3.38. The Bertz CT molecular complexity index is 1210. The van der Waals surface area contributed by atoms with Gasteiger partial charge in [0.05, 0.1) is 19.3 Å². The number of amidine groups is 1. The summed E-state index contributed by atoms with van der Waals surface area (Å²) in [7, 11) is 1.53. The number of pyridine rings is 1. The number of hydrogen-bond acceptors (Lipinski definition) is 5. The molecule has 160 valence electrons. The second-order valence-corrected chi connectivity index (χ2v) is 7.43. The molecule has 1 aliphatic rings. The molecular formula is C22H22F2N6O. The number of nitrogens with one attached hydrogen (secondary N) is 3. The second-order valence-electron chi connectivity index (χ2n) is 7.43. The number of rotatable bonds is 4. The Morgan fingerprint density at radius 1 is 1.26 bits per heavy atom. The fraction of sp³-hybridized carbons (Fsp3) is 0.227. The molecule has 0 saturated heterocycles. The van der Waals surface area contributed by atoms with Crippen LogP contribution in [-0.2, 0) is 4.74 Å². The van der Waals surface area contributed by atoms with E-state index >= 15 is 0 Å². The third-order valence-electron chi connectivity index (χ3n) is 5.05. The number of halogens is 2. The lowest BCUT2D eigenvalue weighted by molar-refractivity contribution is 0.376. The largest absolute Gasteiger partial charge is 0.484 e. The predicted molar refractivity (Wildman–Crippen MR) is 115 cm³/mol. The van der Waals surface area contributed by atoms with Crippen LogP contribution in [0.2, 0.25) is 0 Å². The number of ether oxygens (including phenoxy) is 1. The number of methoxy groups -OCH3 is 1. The molecule has 0 fully saturated rings. The molecule has 1 unspecified atom stereocenters. The maximum Gasteiger partial charge on any atom is 0.192 e. The topological polar surface area (TPSA) is 86.8 Å². The van der Waals surface area contributed by atoms with E-state index in [0.717, 1.165) is 17.2 Å². The molecule has 0 spiro atoms. The van der Waals surface area contributed by atoms with Gasteiger partial charge in [0.15, 0.2) is 11.7 Å². The number of hydrazine groups is 1. The molecule has 0 radical (unpaired) electrons. The lowest BCUT2D eigenvalue weighted by Gasteiger charge is -2.16. The van der Waals surface area contributed by atoms with Crippen molar-refractivity contribution in [3.63, 3.8) is 0 Å². The first-order chi connectivity index (χ1) is 14.9. The molecule has 9 heteroatoms. The first-order valence-corrected chi connectivity index (χ1v) is 9.74. The summed E-state index contributed by atoms with van der Waals surface area (Å²) < 4.78 is 34.7. The first-order valence-electron chi connectivity index (χ1n) is 9.74. The fourth-order valence-corrected chi connectivity index (χ4v) is 3.50. The van der Waals surface area contributed by atoms with E-state index in [1.165, 1.54) is 19.2 Å². The van der Waals surface area contributed by atoms with Gasteiger partial charge in [0, 0.05) is 35.5 Å². The average molecular weight is 424 g/mol. The lowest BCUT2D eigenvalue weighted by atomic mass is 9.95. The molecule has 3 aromatic rings. The molecule has 7 nitrogen and oxygen atoms in total. The van der Waals surface area contributed by atoms with Gasteiger partial charge in [-0.1, -0.05) is 19.9 Å². The van der Waals surface area contributed by atoms with E-state index in [4.69, 9.17) is 10.1 Å². The highest BCUT2D eigenvalue weighted by molar-refractivity contribution is 6.03. The number of benzene rings is 1. The summed E-state index contributed by atoms with van der Waals surface area (Å²) in [5.41, 5.74) is 8.92. The van der Waals surface area contributed by atoms with Crippen LogP contribution in [0, 0.1) is 23.0 Å². The quantitative estimate of drug-likeness (QED) is 0.439. The summed E-state index contributed by atoms with van der Waals surface area (Å²) >= 11 is 0. The van der Waals surface area contributed by atoms with Crippen LogP contribution < -0.4 is 10.9 Å². The molecule has 2 aromatic heterocycles. The van der Waals surface area contributed by atoms with Crippen molar-refractivity contribution in [2.75, 3.05) is 7.11 Å². The zero-order chi connectivity index (χ0) is 22.1. The van der Waals surface area contributed by atoms with Gasteiger partial charge in [-0.2, -0.15) is 4.99 Å². The molecule has 0 aliphatic carbocycles. The van der Waals surface area contributed by atoms with Crippen molar-refractivity contribution in [2.45, 2.75) is 19.9 Å². The van der Waals surface area contributed by atoms with Crippen LogP contribution in [0.3, 0.4) is 0 Å². The van der Waals surface area contributed by atoms with Gasteiger partial charge < -0.3 is 10.2 Å². The highest BCUT2D eigenvalue weighted by Crippen LogP contribution is 2.33. The van der Waals surface area contributed by atoms with Crippen molar-refractivity contribution in [1.29, 1.82) is 5.41 Å². The van der Waals surface area contributed by atoms with Crippen molar-refractivity contribution in [2.24, 2.45) is 10.9 Å².